The Morgan fingerprint density at radius 3 is 1.53 bits per heavy atom. The van der Waals surface area contributed by atoms with Gasteiger partial charge >= 0.3 is 0 Å². The van der Waals surface area contributed by atoms with Gasteiger partial charge in [0.05, 0.1) is 35.9 Å². The minimum Gasteiger partial charge on any atom is -0.367 e. The van der Waals surface area contributed by atoms with Crippen LogP contribution in [-0.2, 0) is 14.3 Å². The van der Waals surface area contributed by atoms with E-state index in [1.807, 2.05) is 65.8 Å². The van der Waals surface area contributed by atoms with Crippen molar-refractivity contribution in [1.82, 2.24) is 34.6 Å². The van der Waals surface area contributed by atoms with Gasteiger partial charge in [0.25, 0.3) is 5.91 Å². The first-order chi connectivity index (χ1) is 28.6. The number of benzene rings is 4. The van der Waals surface area contributed by atoms with Crippen LogP contribution in [0, 0.1) is 0 Å². The second-order valence-electron chi connectivity index (χ2n) is 15.8. The number of nitrogens with one attached hydrogen (secondary N) is 2. The summed E-state index contributed by atoms with van der Waals surface area (Å²) >= 11 is 0. The van der Waals surface area contributed by atoms with E-state index in [1.54, 1.807) is 7.11 Å². The summed E-state index contributed by atoms with van der Waals surface area (Å²) in [5.41, 5.74) is 8.10. The van der Waals surface area contributed by atoms with Gasteiger partial charge in [-0.2, -0.15) is 0 Å². The fraction of sp³-hybridized carbons (Fsp3) is 0.333. The Labute approximate surface area is 340 Å². The molecule has 4 atom stereocenters. The summed E-state index contributed by atoms with van der Waals surface area (Å²) in [5, 5.41) is 0. The van der Waals surface area contributed by atoms with Crippen molar-refractivity contribution < 1.29 is 14.3 Å². The average molecular weight is 774 g/mol. The number of amides is 2. The number of hydrogen-bond acceptors (Lipinski definition) is 6. The number of carbonyl (C=O) groups is 2. The fourth-order valence-corrected chi connectivity index (χ4v) is 9.26. The van der Waals surface area contributed by atoms with Gasteiger partial charge in [0, 0.05) is 20.2 Å². The summed E-state index contributed by atoms with van der Waals surface area (Å²) in [6.07, 6.45) is 10.3. The minimum atomic E-state index is -0.641. The largest absolute Gasteiger partial charge is 0.367 e. The van der Waals surface area contributed by atoms with Gasteiger partial charge < -0.3 is 24.5 Å². The number of imidazole rings is 2. The maximum Gasteiger partial charge on any atom is 0.256 e. The molecule has 3 fully saturated rings. The first-order valence-electron chi connectivity index (χ1n) is 20.8. The van der Waals surface area contributed by atoms with Crippen LogP contribution in [-0.4, -0.2) is 79.7 Å². The van der Waals surface area contributed by atoms with Crippen molar-refractivity contribution in [2.45, 2.75) is 69.2 Å². The number of methoxy groups -OCH3 is 1. The zero-order valence-electron chi connectivity index (χ0n) is 33.1. The molecular weight excluding hydrogens is 723 g/mol. The Balaban J connectivity index is 0.860. The van der Waals surface area contributed by atoms with Crippen LogP contribution in [0.25, 0.3) is 33.6 Å². The molecule has 6 aromatic rings. The quantitative estimate of drug-likeness (QED) is 0.136. The van der Waals surface area contributed by atoms with Crippen molar-refractivity contribution in [1.29, 1.82) is 0 Å². The summed E-state index contributed by atoms with van der Waals surface area (Å²) in [4.78, 5) is 51.1. The molecule has 3 aliphatic heterocycles. The summed E-state index contributed by atoms with van der Waals surface area (Å²) in [6, 6.07) is 36.5. The third kappa shape index (κ3) is 7.62. The number of likely N-dealkylation sites (tertiary alicyclic amines) is 3. The van der Waals surface area contributed by atoms with Gasteiger partial charge in [0.1, 0.15) is 17.7 Å². The Kier molecular flexibility index (Phi) is 11.0. The molecule has 0 spiro atoms. The number of carbonyl (C=O) groups excluding carboxylic acids is 2. The lowest BCUT2D eigenvalue weighted by molar-refractivity contribution is -0.143. The molecule has 2 amide bonds. The fourth-order valence-electron chi connectivity index (χ4n) is 9.26. The zero-order chi connectivity index (χ0) is 39.4. The van der Waals surface area contributed by atoms with Crippen molar-refractivity contribution in [2.75, 3.05) is 33.3 Å². The number of rotatable bonds is 11. The standard InChI is InChI=1S/C48H51N7O3/c1-58-44(38-15-7-3-8-16-38)48(57)55-30-12-18-42(55)46-50-32-40(52-46)36-25-21-34(22-26-36)33-19-23-35(24-20-33)39-31-49-45(51-39)41-17-11-29-54(41)47(56)43(37-13-5-2-6-14-37)53-27-9-4-10-28-53/h2-3,5-8,13-16,19-26,31-32,41-44H,4,9-12,17-18,27-30H2,1H3,(H,49,51)(H,50,52)/t41-,42-,43?,44-/m0/s1. The van der Waals surface area contributed by atoms with Gasteiger partial charge in [0.2, 0.25) is 5.91 Å². The highest BCUT2D eigenvalue weighted by Crippen LogP contribution is 2.38. The Morgan fingerprint density at radius 1 is 0.569 bits per heavy atom. The molecule has 58 heavy (non-hydrogen) atoms. The van der Waals surface area contributed by atoms with Crippen molar-refractivity contribution in [3.63, 3.8) is 0 Å². The molecule has 0 aliphatic carbocycles. The number of H-pyrrole nitrogens is 2. The maximum absolute atomic E-state index is 14.4. The van der Waals surface area contributed by atoms with Crippen molar-refractivity contribution in [3.8, 4) is 33.6 Å². The number of ether oxygens (including phenoxy) is 1. The van der Waals surface area contributed by atoms with E-state index in [2.05, 4.69) is 80.4 Å². The molecule has 0 saturated carbocycles. The molecule has 0 bridgehead atoms. The highest BCUT2D eigenvalue weighted by molar-refractivity contribution is 5.84. The number of piperidine rings is 1. The second-order valence-corrected chi connectivity index (χ2v) is 15.8. The summed E-state index contributed by atoms with van der Waals surface area (Å²) in [6.45, 7) is 3.33. The summed E-state index contributed by atoms with van der Waals surface area (Å²) in [7, 11) is 1.59. The average Bonchev–Trinajstić information content (AvgIpc) is 4.13. The molecule has 10 nitrogen and oxygen atoms in total. The first-order valence-corrected chi connectivity index (χ1v) is 20.8. The zero-order valence-corrected chi connectivity index (χ0v) is 33.1. The third-order valence-corrected chi connectivity index (χ3v) is 12.3. The molecule has 2 N–H and O–H groups in total. The van der Waals surface area contributed by atoms with E-state index in [4.69, 9.17) is 14.7 Å². The third-order valence-electron chi connectivity index (χ3n) is 12.3. The lowest BCUT2D eigenvalue weighted by Gasteiger charge is -2.37. The summed E-state index contributed by atoms with van der Waals surface area (Å²) < 4.78 is 5.67. The lowest BCUT2D eigenvalue weighted by atomic mass is 10.00. The molecular formula is C48H51N7O3. The molecule has 4 aromatic carbocycles. The highest BCUT2D eigenvalue weighted by Gasteiger charge is 2.39. The van der Waals surface area contributed by atoms with Crippen molar-refractivity contribution in [2.24, 2.45) is 0 Å². The second kappa shape index (κ2) is 16.9. The monoisotopic (exact) mass is 773 g/mol. The van der Waals surface area contributed by atoms with Crippen LogP contribution in [0.5, 0.6) is 0 Å². The van der Waals surface area contributed by atoms with Crippen molar-refractivity contribution >= 4 is 11.8 Å². The molecule has 10 heteroatoms. The molecule has 2 aromatic heterocycles. The Morgan fingerprint density at radius 2 is 1.03 bits per heavy atom. The number of aromatic amines is 2. The Bertz CT molecular complexity index is 2300. The minimum absolute atomic E-state index is 0.0368. The number of hydrogen-bond donors (Lipinski definition) is 2. The maximum atomic E-state index is 14.4. The van der Waals surface area contributed by atoms with Crippen LogP contribution in [0.4, 0.5) is 0 Å². The van der Waals surface area contributed by atoms with E-state index < -0.39 is 6.10 Å². The normalized spacial score (nSPS) is 19.7. The number of aromatic nitrogens is 4. The van der Waals surface area contributed by atoms with E-state index in [1.165, 1.54) is 6.42 Å². The predicted octanol–water partition coefficient (Wildman–Crippen LogP) is 9.08. The lowest BCUT2D eigenvalue weighted by Crippen LogP contribution is -2.44. The van der Waals surface area contributed by atoms with Gasteiger partial charge in [-0.25, -0.2) is 9.97 Å². The van der Waals surface area contributed by atoms with E-state index in [9.17, 15) is 9.59 Å². The molecule has 1 unspecified atom stereocenters. The van der Waals surface area contributed by atoms with E-state index in [0.717, 1.165) is 115 Å². The van der Waals surface area contributed by atoms with E-state index in [-0.39, 0.29) is 29.9 Å². The molecule has 5 heterocycles. The molecule has 0 radical (unpaired) electrons. The van der Waals surface area contributed by atoms with Crippen LogP contribution < -0.4 is 0 Å². The topological polar surface area (TPSA) is 110 Å². The predicted molar refractivity (Wildman–Crippen MR) is 225 cm³/mol. The van der Waals surface area contributed by atoms with Crippen LogP contribution >= 0.6 is 0 Å². The van der Waals surface area contributed by atoms with Crippen LogP contribution in [0.2, 0.25) is 0 Å². The summed E-state index contributed by atoms with van der Waals surface area (Å²) in [5.74, 6) is 1.80. The van der Waals surface area contributed by atoms with E-state index >= 15 is 0 Å². The van der Waals surface area contributed by atoms with E-state index in [0.29, 0.717) is 6.54 Å². The van der Waals surface area contributed by atoms with Gasteiger partial charge in [-0.1, -0.05) is 116 Å². The molecule has 3 aliphatic rings. The van der Waals surface area contributed by atoms with Gasteiger partial charge in [0.15, 0.2) is 6.10 Å². The Hall–Kier alpha value is -5.84. The molecule has 296 valence electrons. The molecule has 3 saturated heterocycles. The first kappa shape index (κ1) is 37.7. The van der Waals surface area contributed by atoms with Crippen LogP contribution in [0.15, 0.2) is 122 Å². The van der Waals surface area contributed by atoms with Crippen LogP contribution in [0.3, 0.4) is 0 Å². The number of nitrogens with zero attached hydrogens (tertiary/aromatic N) is 5. The van der Waals surface area contributed by atoms with Gasteiger partial charge in [-0.05, 0) is 85.0 Å². The smallest absolute Gasteiger partial charge is 0.256 e. The van der Waals surface area contributed by atoms with Crippen LogP contribution in [0.1, 0.15) is 92.0 Å². The van der Waals surface area contributed by atoms with Crippen molar-refractivity contribution in [3.05, 3.63) is 144 Å². The highest BCUT2D eigenvalue weighted by atomic mass is 16.5. The van der Waals surface area contributed by atoms with Gasteiger partial charge in [-0.15, -0.1) is 0 Å². The SMILES string of the molecule is CO[C@H](C(=O)N1CCC[C@H]1c1ncc(-c2ccc(-c3ccc(-c4cnc([C@@H]5CCCN5C(=O)C(c5ccccc5)N5CCCCC5)[nH]4)cc3)cc2)[nH]1)c1ccccc1. The van der Waals surface area contributed by atoms with Gasteiger partial charge in [-0.3, -0.25) is 14.5 Å². The molecule has 9 rings (SSSR count).